The number of hydrogen-bond acceptors (Lipinski definition) is 3. The molecule has 3 heteroatoms. The number of ether oxygens (including phenoxy) is 1. The monoisotopic (exact) mass is 182 g/mol. The van der Waals surface area contributed by atoms with E-state index in [1.165, 1.54) is 13.8 Å². The van der Waals surface area contributed by atoms with Crippen molar-refractivity contribution in [1.29, 1.82) is 0 Å². The molecule has 0 aromatic rings. The van der Waals surface area contributed by atoms with Crippen LogP contribution >= 0.6 is 0 Å². The second-order valence-electron chi connectivity index (χ2n) is 2.70. The zero-order valence-corrected chi connectivity index (χ0v) is 8.00. The average molecular weight is 182 g/mol. The predicted molar refractivity (Wildman–Crippen MR) is 49.1 cm³/mol. The lowest BCUT2D eigenvalue weighted by atomic mass is 10.1. The van der Waals surface area contributed by atoms with Crippen LogP contribution < -0.4 is 0 Å². The Balaban J connectivity index is 3.74. The Kier molecular flexibility index (Phi) is 5.57. The van der Waals surface area contributed by atoms with Crippen LogP contribution in [0.15, 0.2) is 18.4 Å². The molecule has 0 radical (unpaired) electrons. The summed E-state index contributed by atoms with van der Waals surface area (Å²) in [6.07, 6.45) is 2.26. The highest BCUT2D eigenvalue weighted by Crippen LogP contribution is 2.00. The van der Waals surface area contributed by atoms with Gasteiger partial charge in [-0.2, -0.15) is 0 Å². The smallest absolute Gasteiger partial charge is 0.316 e. The number of rotatable bonds is 5. The normalized spacial score (nSPS) is 11.2. The van der Waals surface area contributed by atoms with Crippen molar-refractivity contribution in [3.63, 3.8) is 0 Å². The Morgan fingerprint density at radius 2 is 2.23 bits per heavy atom. The van der Waals surface area contributed by atoms with Gasteiger partial charge < -0.3 is 4.74 Å². The van der Waals surface area contributed by atoms with Crippen LogP contribution in [0.4, 0.5) is 0 Å². The average Bonchev–Trinajstić information content (AvgIpc) is 2.10. The van der Waals surface area contributed by atoms with E-state index in [0.717, 1.165) is 0 Å². The molecule has 0 saturated carbocycles. The maximum atomic E-state index is 11.1. The molecule has 0 aliphatic rings. The molecule has 0 N–H and O–H groups in total. The third kappa shape index (κ3) is 4.99. The summed E-state index contributed by atoms with van der Waals surface area (Å²) < 4.78 is 4.81. The van der Waals surface area contributed by atoms with Crippen molar-refractivity contribution in [2.24, 2.45) is 5.92 Å². The Morgan fingerprint density at radius 3 is 2.69 bits per heavy atom. The van der Waals surface area contributed by atoms with Crippen LogP contribution in [0.25, 0.3) is 0 Å². The van der Waals surface area contributed by atoms with Crippen LogP contribution in [0.3, 0.4) is 0 Å². The summed E-state index contributed by atoms with van der Waals surface area (Å²) in [5.74, 6) is -1.30. The first-order chi connectivity index (χ1) is 6.09. The van der Waals surface area contributed by atoms with E-state index in [-0.39, 0.29) is 12.4 Å². The van der Waals surface area contributed by atoms with Crippen LogP contribution in [0, 0.1) is 5.92 Å². The van der Waals surface area contributed by atoms with Crippen LogP contribution in [-0.4, -0.2) is 18.4 Å². The van der Waals surface area contributed by atoms with E-state index < -0.39 is 11.9 Å². The van der Waals surface area contributed by atoms with Gasteiger partial charge in [0.1, 0.15) is 11.7 Å². The molecule has 0 aromatic carbocycles. The van der Waals surface area contributed by atoms with Crippen molar-refractivity contribution in [3.8, 4) is 0 Å². The van der Waals surface area contributed by atoms with Gasteiger partial charge in [-0.05, 0) is 19.9 Å². The minimum atomic E-state index is -0.660. The predicted octanol–water partition coefficient (Wildman–Crippen LogP) is 1.49. The van der Waals surface area contributed by atoms with Gasteiger partial charge >= 0.3 is 5.97 Å². The molecule has 0 aliphatic heterocycles. The lowest BCUT2D eigenvalue weighted by molar-refractivity contribution is -0.150. The fraction of sp³-hybridized carbons (Fsp3) is 0.500. The molecule has 3 nitrogen and oxygen atoms in total. The Morgan fingerprint density at radius 1 is 1.62 bits per heavy atom. The molecule has 0 amide bonds. The maximum absolute atomic E-state index is 11.1. The fourth-order valence-electron chi connectivity index (χ4n) is 0.611. The van der Waals surface area contributed by atoms with Crippen LogP contribution in [0.1, 0.15) is 20.3 Å². The van der Waals surface area contributed by atoms with Crippen molar-refractivity contribution in [2.45, 2.75) is 20.3 Å². The third-order valence-corrected chi connectivity index (χ3v) is 1.61. The molecule has 72 valence electrons. The largest absolute Gasteiger partial charge is 0.465 e. The van der Waals surface area contributed by atoms with Gasteiger partial charge in [-0.1, -0.05) is 6.58 Å². The van der Waals surface area contributed by atoms with Gasteiger partial charge in [0.25, 0.3) is 0 Å². The van der Waals surface area contributed by atoms with Gasteiger partial charge in [0.15, 0.2) is 0 Å². The fourth-order valence-corrected chi connectivity index (χ4v) is 0.611. The van der Waals surface area contributed by atoms with Crippen molar-refractivity contribution < 1.29 is 14.3 Å². The van der Waals surface area contributed by atoms with Crippen LogP contribution in [0.5, 0.6) is 0 Å². The molecular formula is C10H14O3. The topological polar surface area (TPSA) is 43.4 Å². The molecule has 1 unspecified atom stereocenters. The zero-order chi connectivity index (χ0) is 10.3. The van der Waals surface area contributed by atoms with Gasteiger partial charge in [0.05, 0.1) is 6.61 Å². The van der Waals surface area contributed by atoms with Gasteiger partial charge in [0.2, 0.25) is 0 Å². The summed E-state index contributed by atoms with van der Waals surface area (Å²) >= 11 is 0. The van der Waals surface area contributed by atoms with E-state index in [1.807, 2.05) is 0 Å². The number of hydrogen-bond donors (Lipinski definition) is 0. The molecule has 0 bridgehead atoms. The number of carbonyl (C=O) groups excluding carboxylic acids is 2. The quantitative estimate of drug-likeness (QED) is 0.280. The maximum Gasteiger partial charge on any atom is 0.316 e. The van der Waals surface area contributed by atoms with Crippen molar-refractivity contribution in [1.82, 2.24) is 0 Å². The molecule has 0 fully saturated rings. The minimum Gasteiger partial charge on any atom is -0.465 e. The van der Waals surface area contributed by atoms with Gasteiger partial charge in [0, 0.05) is 6.42 Å². The number of carbonyl (C=O) groups is 2. The standard InChI is InChI=1S/C10H14O3/c1-4-5-6-7-13-10(12)8(2)9(3)11/h5,8H,1,6-7H2,2-3H3. The van der Waals surface area contributed by atoms with Crippen molar-refractivity contribution in [3.05, 3.63) is 18.4 Å². The lowest BCUT2D eigenvalue weighted by Crippen LogP contribution is -2.21. The summed E-state index contributed by atoms with van der Waals surface area (Å²) in [6.45, 7) is 6.55. The first-order valence-corrected chi connectivity index (χ1v) is 4.11. The molecule has 0 saturated heterocycles. The highest BCUT2D eigenvalue weighted by Gasteiger charge is 2.18. The summed E-state index contributed by atoms with van der Waals surface area (Å²) in [4.78, 5) is 21.8. The molecule has 0 aliphatic carbocycles. The van der Waals surface area contributed by atoms with E-state index in [0.29, 0.717) is 6.42 Å². The molecule has 1 atom stereocenters. The summed E-state index contributed by atoms with van der Waals surface area (Å²) in [6, 6.07) is 0. The number of esters is 1. The number of Topliss-reactive ketones (excluding diaryl/α,β-unsaturated/α-hetero) is 1. The summed E-state index contributed by atoms with van der Waals surface area (Å²) in [5.41, 5.74) is 2.56. The van der Waals surface area contributed by atoms with Gasteiger partial charge in [-0.3, -0.25) is 9.59 Å². The highest BCUT2D eigenvalue weighted by molar-refractivity contribution is 5.97. The van der Waals surface area contributed by atoms with Gasteiger partial charge in [-0.25, -0.2) is 0 Å². The SMILES string of the molecule is C=C=CCCOC(=O)C(C)C(C)=O. The molecule has 13 heavy (non-hydrogen) atoms. The van der Waals surface area contributed by atoms with E-state index in [4.69, 9.17) is 4.74 Å². The van der Waals surface area contributed by atoms with Crippen LogP contribution in [-0.2, 0) is 14.3 Å². The Bertz CT molecular complexity index is 237. The van der Waals surface area contributed by atoms with E-state index in [9.17, 15) is 9.59 Å². The van der Waals surface area contributed by atoms with Crippen molar-refractivity contribution in [2.75, 3.05) is 6.61 Å². The van der Waals surface area contributed by atoms with Crippen LogP contribution in [0.2, 0.25) is 0 Å². The van der Waals surface area contributed by atoms with E-state index in [1.54, 1.807) is 6.08 Å². The van der Waals surface area contributed by atoms with E-state index in [2.05, 4.69) is 12.3 Å². The van der Waals surface area contributed by atoms with E-state index >= 15 is 0 Å². The zero-order valence-electron chi connectivity index (χ0n) is 8.00. The minimum absolute atomic E-state index is 0.177. The molecule has 0 rings (SSSR count). The first-order valence-electron chi connectivity index (χ1n) is 4.11. The summed E-state index contributed by atoms with van der Waals surface area (Å²) in [5, 5.41) is 0. The highest BCUT2D eigenvalue weighted by atomic mass is 16.5. The Hall–Kier alpha value is -1.34. The Labute approximate surface area is 78.1 Å². The molecular weight excluding hydrogens is 168 g/mol. The molecule has 0 heterocycles. The number of ketones is 1. The molecule has 0 spiro atoms. The molecule has 0 aromatic heterocycles. The van der Waals surface area contributed by atoms with Crippen molar-refractivity contribution >= 4 is 11.8 Å². The van der Waals surface area contributed by atoms with Gasteiger partial charge in [-0.15, -0.1) is 5.73 Å². The third-order valence-electron chi connectivity index (χ3n) is 1.61. The second-order valence-corrected chi connectivity index (χ2v) is 2.70. The lowest BCUT2D eigenvalue weighted by Gasteiger charge is -2.06. The second kappa shape index (κ2) is 6.21. The summed E-state index contributed by atoms with van der Waals surface area (Å²) in [7, 11) is 0. The first kappa shape index (κ1) is 11.7.